The van der Waals surface area contributed by atoms with E-state index in [9.17, 15) is 9.59 Å². The maximum absolute atomic E-state index is 11.7. The van der Waals surface area contributed by atoms with Gasteiger partial charge in [-0.05, 0) is 24.5 Å². The van der Waals surface area contributed by atoms with E-state index in [2.05, 4.69) is 10.6 Å². The molecule has 20 heavy (non-hydrogen) atoms. The SMILES string of the molecule is O=C(O)COc1ccccc1NC(=O)NCCC1CC1. The standard InChI is InChI=1S/C14H18N2O4/c17-13(18)9-20-12-4-2-1-3-11(12)16-14(19)15-8-7-10-5-6-10/h1-4,10H,5-9H2,(H,17,18)(H2,15,16,19). The summed E-state index contributed by atoms with van der Waals surface area (Å²) < 4.78 is 5.11. The number of carbonyl (C=O) groups is 2. The number of para-hydroxylation sites is 2. The highest BCUT2D eigenvalue weighted by Gasteiger charge is 2.20. The lowest BCUT2D eigenvalue weighted by Crippen LogP contribution is -2.30. The van der Waals surface area contributed by atoms with Crippen LogP contribution in [-0.2, 0) is 4.79 Å². The van der Waals surface area contributed by atoms with Gasteiger partial charge in [-0.15, -0.1) is 0 Å². The Morgan fingerprint density at radius 3 is 2.75 bits per heavy atom. The Hall–Kier alpha value is -2.24. The number of carboxylic acids is 1. The number of urea groups is 1. The van der Waals surface area contributed by atoms with Crippen molar-refractivity contribution in [1.82, 2.24) is 5.32 Å². The van der Waals surface area contributed by atoms with Crippen molar-refractivity contribution in [2.45, 2.75) is 19.3 Å². The van der Waals surface area contributed by atoms with Crippen LogP contribution in [0.1, 0.15) is 19.3 Å². The van der Waals surface area contributed by atoms with Crippen LogP contribution in [0.4, 0.5) is 10.5 Å². The molecule has 6 heteroatoms. The Kier molecular flexibility index (Phi) is 4.81. The van der Waals surface area contributed by atoms with Crippen molar-refractivity contribution >= 4 is 17.7 Å². The average Bonchev–Trinajstić information content (AvgIpc) is 3.22. The van der Waals surface area contributed by atoms with Gasteiger partial charge in [-0.3, -0.25) is 0 Å². The smallest absolute Gasteiger partial charge is 0.341 e. The number of nitrogens with one attached hydrogen (secondary N) is 2. The highest BCUT2D eigenvalue weighted by atomic mass is 16.5. The third-order valence-corrected chi connectivity index (χ3v) is 3.02. The van der Waals surface area contributed by atoms with E-state index in [1.807, 2.05) is 0 Å². The molecule has 1 aromatic carbocycles. The molecule has 0 aromatic heterocycles. The number of amides is 2. The number of aliphatic carboxylic acids is 1. The minimum atomic E-state index is -1.06. The Labute approximate surface area is 117 Å². The van der Waals surface area contributed by atoms with Gasteiger partial charge in [0.05, 0.1) is 5.69 Å². The molecule has 0 atom stereocenters. The summed E-state index contributed by atoms with van der Waals surface area (Å²) in [6.07, 6.45) is 3.52. The summed E-state index contributed by atoms with van der Waals surface area (Å²) in [6, 6.07) is 6.43. The van der Waals surface area contributed by atoms with Crippen LogP contribution in [0.15, 0.2) is 24.3 Å². The van der Waals surface area contributed by atoms with E-state index in [-0.39, 0.29) is 6.03 Å². The Morgan fingerprint density at radius 1 is 1.30 bits per heavy atom. The van der Waals surface area contributed by atoms with Crippen molar-refractivity contribution < 1.29 is 19.4 Å². The highest BCUT2D eigenvalue weighted by Crippen LogP contribution is 2.31. The number of hydrogen-bond acceptors (Lipinski definition) is 3. The fourth-order valence-corrected chi connectivity index (χ4v) is 1.80. The molecular weight excluding hydrogens is 260 g/mol. The third kappa shape index (κ3) is 4.79. The Balaban J connectivity index is 1.83. The molecule has 0 heterocycles. The summed E-state index contributed by atoms with van der Waals surface area (Å²) in [5.41, 5.74) is 0.456. The minimum Gasteiger partial charge on any atom is -0.480 e. The molecule has 0 unspecified atom stereocenters. The third-order valence-electron chi connectivity index (χ3n) is 3.02. The van der Waals surface area contributed by atoms with Gasteiger partial charge in [-0.2, -0.15) is 0 Å². The normalized spacial score (nSPS) is 13.6. The molecule has 0 radical (unpaired) electrons. The summed E-state index contributed by atoms with van der Waals surface area (Å²) in [4.78, 5) is 22.2. The van der Waals surface area contributed by atoms with Crippen LogP contribution < -0.4 is 15.4 Å². The second-order valence-electron chi connectivity index (χ2n) is 4.79. The lowest BCUT2D eigenvalue weighted by molar-refractivity contribution is -0.139. The molecule has 0 saturated heterocycles. The van der Waals surface area contributed by atoms with Gasteiger partial charge in [0, 0.05) is 6.54 Å². The first-order valence-corrected chi connectivity index (χ1v) is 6.63. The molecule has 3 N–H and O–H groups in total. The number of benzene rings is 1. The molecule has 0 spiro atoms. The molecule has 1 fully saturated rings. The fourth-order valence-electron chi connectivity index (χ4n) is 1.80. The van der Waals surface area contributed by atoms with Crippen LogP contribution in [0.2, 0.25) is 0 Å². The summed E-state index contributed by atoms with van der Waals surface area (Å²) >= 11 is 0. The van der Waals surface area contributed by atoms with Crippen LogP contribution in [0.5, 0.6) is 5.75 Å². The fraction of sp³-hybridized carbons (Fsp3) is 0.429. The number of rotatable bonds is 7. The quantitative estimate of drug-likeness (QED) is 0.712. The monoisotopic (exact) mass is 278 g/mol. The zero-order valence-electron chi connectivity index (χ0n) is 11.1. The zero-order valence-corrected chi connectivity index (χ0v) is 11.1. The second kappa shape index (κ2) is 6.79. The zero-order chi connectivity index (χ0) is 14.4. The van der Waals surface area contributed by atoms with Crippen molar-refractivity contribution in [1.29, 1.82) is 0 Å². The number of carbonyl (C=O) groups excluding carboxylic acids is 1. The van der Waals surface area contributed by atoms with E-state index in [4.69, 9.17) is 9.84 Å². The molecule has 1 aliphatic carbocycles. The van der Waals surface area contributed by atoms with Crippen LogP contribution in [0, 0.1) is 5.92 Å². The van der Waals surface area contributed by atoms with Crippen LogP contribution >= 0.6 is 0 Å². The van der Waals surface area contributed by atoms with Gasteiger partial charge in [0.1, 0.15) is 5.75 Å². The van der Waals surface area contributed by atoms with Gasteiger partial charge in [-0.1, -0.05) is 25.0 Å². The lowest BCUT2D eigenvalue weighted by atomic mass is 10.3. The lowest BCUT2D eigenvalue weighted by Gasteiger charge is -2.11. The van der Waals surface area contributed by atoms with Gasteiger partial charge in [0.15, 0.2) is 6.61 Å². The van der Waals surface area contributed by atoms with E-state index < -0.39 is 12.6 Å². The Morgan fingerprint density at radius 2 is 2.05 bits per heavy atom. The predicted molar refractivity (Wildman–Crippen MR) is 73.9 cm³/mol. The maximum atomic E-state index is 11.7. The van der Waals surface area contributed by atoms with Crippen molar-refractivity contribution in [3.63, 3.8) is 0 Å². The van der Waals surface area contributed by atoms with E-state index in [1.54, 1.807) is 24.3 Å². The maximum Gasteiger partial charge on any atom is 0.341 e. The first-order chi connectivity index (χ1) is 9.65. The van der Waals surface area contributed by atoms with Crippen molar-refractivity contribution in [2.75, 3.05) is 18.5 Å². The van der Waals surface area contributed by atoms with E-state index >= 15 is 0 Å². The molecule has 0 bridgehead atoms. The summed E-state index contributed by atoms with van der Waals surface area (Å²) in [5.74, 6) is 0.0439. The minimum absolute atomic E-state index is 0.308. The molecule has 0 aliphatic heterocycles. The van der Waals surface area contributed by atoms with Gasteiger partial charge in [-0.25, -0.2) is 9.59 Å². The molecule has 2 amide bonds. The molecule has 6 nitrogen and oxygen atoms in total. The van der Waals surface area contributed by atoms with Crippen LogP contribution in [-0.4, -0.2) is 30.3 Å². The summed E-state index contributed by atoms with van der Waals surface area (Å²) in [6.45, 7) is 0.205. The van der Waals surface area contributed by atoms with Crippen LogP contribution in [0.3, 0.4) is 0 Å². The van der Waals surface area contributed by atoms with Crippen molar-refractivity contribution in [3.8, 4) is 5.75 Å². The van der Waals surface area contributed by atoms with E-state index in [0.29, 0.717) is 18.0 Å². The summed E-state index contributed by atoms with van der Waals surface area (Å²) in [5, 5.41) is 14.0. The number of hydrogen-bond donors (Lipinski definition) is 3. The van der Waals surface area contributed by atoms with Crippen molar-refractivity contribution in [2.24, 2.45) is 5.92 Å². The molecule has 108 valence electrons. The molecule has 2 rings (SSSR count). The van der Waals surface area contributed by atoms with Gasteiger partial charge in [0.2, 0.25) is 0 Å². The second-order valence-corrected chi connectivity index (χ2v) is 4.79. The van der Waals surface area contributed by atoms with Gasteiger partial charge >= 0.3 is 12.0 Å². The van der Waals surface area contributed by atoms with Crippen molar-refractivity contribution in [3.05, 3.63) is 24.3 Å². The molecular formula is C14H18N2O4. The topological polar surface area (TPSA) is 87.7 Å². The first-order valence-electron chi connectivity index (χ1n) is 6.63. The van der Waals surface area contributed by atoms with Gasteiger partial charge < -0.3 is 20.5 Å². The highest BCUT2D eigenvalue weighted by molar-refractivity contribution is 5.90. The number of anilines is 1. The Bertz CT molecular complexity index is 486. The number of carboxylic acid groups (broad SMARTS) is 1. The van der Waals surface area contributed by atoms with E-state index in [0.717, 1.165) is 12.3 Å². The van der Waals surface area contributed by atoms with Crippen LogP contribution in [0.25, 0.3) is 0 Å². The molecule has 1 aromatic rings. The average molecular weight is 278 g/mol. The number of ether oxygens (including phenoxy) is 1. The first kappa shape index (κ1) is 14.2. The molecule has 1 saturated carbocycles. The largest absolute Gasteiger partial charge is 0.480 e. The summed E-state index contributed by atoms with van der Waals surface area (Å²) in [7, 11) is 0. The van der Waals surface area contributed by atoms with E-state index in [1.165, 1.54) is 12.8 Å². The van der Waals surface area contributed by atoms with Gasteiger partial charge in [0.25, 0.3) is 0 Å². The predicted octanol–water partition coefficient (Wildman–Crippen LogP) is 2.07. The molecule has 1 aliphatic rings.